The molecule has 0 fully saturated rings. The van der Waals surface area contributed by atoms with E-state index in [1.807, 2.05) is 0 Å². The molecule has 1 heterocycles. The Hall–Kier alpha value is -0.940. The van der Waals surface area contributed by atoms with Crippen molar-refractivity contribution < 1.29 is 4.79 Å². The number of thiazole rings is 1. The topological polar surface area (TPSA) is 49.9 Å². The third-order valence-electron chi connectivity index (χ3n) is 2.06. The van der Waals surface area contributed by atoms with Gasteiger partial charge in [0.05, 0.1) is 15.0 Å². The lowest BCUT2D eigenvalue weighted by molar-refractivity contribution is 0.0996. The number of Topliss-reactive ketones (excluding diaryl/α,β-unsaturated/α-hetero) is 1. The van der Waals surface area contributed by atoms with E-state index in [1.54, 1.807) is 25.1 Å². The van der Waals surface area contributed by atoms with Crippen LogP contribution in [0, 0.1) is 0 Å². The van der Waals surface area contributed by atoms with Crippen LogP contribution in [0.1, 0.15) is 17.3 Å². The summed E-state index contributed by atoms with van der Waals surface area (Å²) in [7, 11) is 0. The lowest BCUT2D eigenvalue weighted by Crippen LogP contribution is -2.09. The molecule has 1 N–H and O–H groups in total. The van der Waals surface area contributed by atoms with Gasteiger partial charge < -0.3 is 4.98 Å². The number of H-pyrrole nitrogens is 1. The summed E-state index contributed by atoms with van der Waals surface area (Å²) in [5.74, 6) is 0.0175. The number of benzene rings is 1. The Bertz CT molecular complexity index is 570. The molecule has 0 saturated carbocycles. The van der Waals surface area contributed by atoms with Crippen LogP contribution in [0.2, 0.25) is 0 Å². The van der Waals surface area contributed by atoms with Gasteiger partial charge in [0.2, 0.25) is 0 Å². The van der Waals surface area contributed by atoms with Crippen LogP contribution >= 0.6 is 27.3 Å². The third kappa shape index (κ3) is 2.03. The van der Waals surface area contributed by atoms with E-state index in [4.69, 9.17) is 0 Å². The monoisotopic (exact) mass is 285 g/mol. The number of alkyl halides is 1. The Kier molecular flexibility index (Phi) is 2.75. The maximum absolute atomic E-state index is 11.7. The van der Waals surface area contributed by atoms with Crippen LogP contribution in [0.25, 0.3) is 10.2 Å². The largest absolute Gasteiger partial charge is 0.312 e. The smallest absolute Gasteiger partial charge is 0.305 e. The van der Waals surface area contributed by atoms with Gasteiger partial charge in [-0.15, -0.1) is 0 Å². The number of hydrogen-bond donors (Lipinski definition) is 1. The van der Waals surface area contributed by atoms with Crippen molar-refractivity contribution in [3.63, 3.8) is 0 Å². The van der Waals surface area contributed by atoms with E-state index in [0.717, 1.165) is 21.6 Å². The summed E-state index contributed by atoms with van der Waals surface area (Å²) in [5, 5.41) is 0. The highest BCUT2D eigenvalue weighted by Crippen LogP contribution is 2.18. The van der Waals surface area contributed by atoms with Crippen molar-refractivity contribution >= 4 is 43.3 Å². The number of rotatable bonds is 2. The fourth-order valence-corrected chi connectivity index (χ4v) is 2.32. The van der Waals surface area contributed by atoms with Gasteiger partial charge in [0.15, 0.2) is 5.78 Å². The molecule has 0 aliphatic rings. The van der Waals surface area contributed by atoms with Gasteiger partial charge in [0.25, 0.3) is 0 Å². The molecule has 2 aromatic rings. The highest BCUT2D eigenvalue weighted by molar-refractivity contribution is 9.10. The molecule has 2 rings (SSSR count). The molecule has 0 saturated heterocycles. The molecule has 1 unspecified atom stereocenters. The second-order valence-corrected chi connectivity index (χ2v) is 5.59. The molecule has 78 valence electrons. The second-order valence-electron chi connectivity index (χ2n) is 3.21. The molecular weight excluding hydrogens is 278 g/mol. The third-order valence-corrected chi connectivity index (χ3v) is 3.34. The molecular formula is C10H8BrNO2S. The molecule has 0 spiro atoms. The minimum atomic E-state index is -0.208. The summed E-state index contributed by atoms with van der Waals surface area (Å²) >= 11 is 4.37. The zero-order valence-electron chi connectivity index (χ0n) is 7.91. The van der Waals surface area contributed by atoms with Crippen molar-refractivity contribution in [2.24, 2.45) is 0 Å². The number of fused-ring (bicyclic) bond motifs is 1. The number of nitrogens with one attached hydrogen (secondary N) is 1. The van der Waals surface area contributed by atoms with Crippen LogP contribution in [0.15, 0.2) is 23.0 Å². The molecule has 0 amide bonds. The van der Waals surface area contributed by atoms with E-state index in [1.165, 1.54) is 0 Å². The number of carbonyl (C=O) groups excluding carboxylic acids is 1. The quantitative estimate of drug-likeness (QED) is 0.681. The van der Waals surface area contributed by atoms with Gasteiger partial charge in [-0.1, -0.05) is 27.3 Å². The van der Waals surface area contributed by atoms with Crippen LogP contribution < -0.4 is 4.87 Å². The number of aromatic amines is 1. The van der Waals surface area contributed by atoms with Gasteiger partial charge in [-0.25, -0.2) is 0 Å². The van der Waals surface area contributed by atoms with Gasteiger partial charge in [-0.05, 0) is 25.1 Å². The first kappa shape index (κ1) is 10.6. The normalized spacial score (nSPS) is 12.9. The van der Waals surface area contributed by atoms with Gasteiger partial charge in [0, 0.05) is 5.56 Å². The molecule has 0 aliphatic carbocycles. The lowest BCUT2D eigenvalue weighted by Gasteiger charge is -2.01. The minimum Gasteiger partial charge on any atom is -0.312 e. The summed E-state index contributed by atoms with van der Waals surface area (Å²) in [4.78, 5) is 25.1. The Morgan fingerprint density at radius 3 is 2.93 bits per heavy atom. The Labute approximate surface area is 98.3 Å². The maximum Gasteiger partial charge on any atom is 0.305 e. The second kappa shape index (κ2) is 3.90. The van der Waals surface area contributed by atoms with Crippen molar-refractivity contribution in [1.82, 2.24) is 4.98 Å². The maximum atomic E-state index is 11.7. The summed E-state index contributed by atoms with van der Waals surface area (Å²) in [6.45, 7) is 1.78. The van der Waals surface area contributed by atoms with E-state index in [0.29, 0.717) is 5.56 Å². The van der Waals surface area contributed by atoms with Crippen molar-refractivity contribution in [2.45, 2.75) is 11.8 Å². The van der Waals surface area contributed by atoms with E-state index >= 15 is 0 Å². The molecule has 3 nitrogen and oxygen atoms in total. The first-order valence-electron chi connectivity index (χ1n) is 4.39. The van der Waals surface area contributed by atoms with Crippen molar-refractivity contribution in [1.29, 1.82) is 0 Å². The molecule has 0 radical (unpaired) electrons. The average molecular weight is 286 g/mol. The number of hydrogen-bond acceptors (Lipinski definition) is 3. The Balaban J connectivity index is 2.55. The highest BCUT2D eigenvalue weighted by atomic mass is 79.9. The van der Waals surface area contributed by atoms with Crippen LogP contribution in [0.4, 0.5) is 0 Å². The van der Waals surface area contributed by atoms with Crippen molar-refractivity contribution in [3.05, 3.63) is 33.4 Å². The van der Waals surface area contributed by atoms with Gasteiger partial charge in [-0.3, -0.25) is 9.59 Å². The fraction of sp³-hybridized carbons (Fsp3) is 0.200. The molecule has 5 heteroatoms. The molecule has 1 aromatic heterocycles. The van der Waals surface area contributed by atoms with Crippen molar-refractivity contribution in [2.75, 3.05) is 0 Å². The van der Waals surface area contributed by atoms with Crippen LogP contribution in [0.5, 0.6) is 0 Å². The van der Waals surface area contributed by atoms with E-state index in [2.05, 4.69) is 20.9 Å². The van der Waals surface area contributed by atoms with Crippen LogP contribution in [-0.4, -0.2) is 15.6 Å². The minimum absolute atomic E-state index is 0.0175. The van der Waals surface area contributed by atoms with Crippen LogP contribution in [-0.2, 0) is 0 Å². The van der Waals surface area contributed by atoms with Gasteiger partial charge in [0.1, 0.15) is 0 Å². The van der Waals surface area contributed by atoms with Gasteiger partial charge >= 0.3 is 4.87 Å². The lowest BCUT2D eigenvalue weighted by atomic mass is 10.1. The molecule has 15 heavy (non-hydrogen) atoms. The summed E-state index contributed by atoms with van der Waals surface area (Å²) in [5.41, 5.74) is 1.34. The molecule has 1 atom stereocenters. The predicted molar refractivity (Wildman–Crippen MR) is 65.2 cm³/mol. The fourth-order valence-electron chi connectivity index (χ4n) is 1.33. The molecule has 0 aliphatic heterocycles. The van der Waals surface area contributed by atoms with E-state index in [9.17, 15) is 9.59 Å². The first-order valence-corrected chi connectivity index (χ1v) is 6.12. The summed E-state index contributed by atoms with van der Waals surface area (Å²) in [6, 6.07) is 5.25. The Morgan fingerprint density at radius 2 is 2.27 bits per heavy atom. The number of carbonyl (C=O) groups is 1. The number of aromatic nitrogens is 1. The highest BCUT2D eigenvalue weighted by Gasteiger charge is 2.12. The number of ketones is 1. The van der Waals surface area contributed by atoms with Gasteiger partial charge in [-0.2, -0.15) is 0 Å². The first-order chi connectivity index (χ1) is 7.08. The zero-order valence-corrected chi connectivity index (χ0v) is 10.3. The Morgan fingerprint density at radius 1 is 1.53 bits per heavy atom. The SMILES string of the molecule is CC(Br)C(=O)c1ccc2sc(=O)[nH]c2c1. The molecule has 0 bridgehead atoms. The van der Waals surface area contributed by atoms with E-state index in [-0.39, 0.29) is 15.5 Å². The standard InChI is InChI=1S/C10H8BrNO2S/c1-5(11)9(13)6-2-3-8-7(4-6)12-10(14)15-8/h2-5H,1H3,(H,12,14). The average Bonchev–Trinajstić information content (AvgIpc) is 2.55. The van der Waals surface area contributed by atoms with E-state index < -0.39 is 0 Å². The summed E-state index contributed by atoms with van der Waals surface area (Å²) in [6.07, 6.45) is 0. The zero-order chi connectivity index (χ0) is 11.0. The van der Waals surface area contributed by atoms with Crippen LogP contribution in [0.3, 0.4) is 0 Å². The summed E-state index contributed by atoms with van der Waals surface area (Å²) < 4.78 is 0.874. The predicted octanol–water partition coefficient (Wildman–Crippen LogP) is 2.56. The van der Waals surface area contributed by atoms with Crippen molar-refractivity contribution in [3.8, 4) is 0 Å². The molecule has 1 aromatic carbocycles. The number of halogens is 1.